The van der Waals surface area contributed by atoms with E-state index in [1.165, 1.54) is 5.57 Å². The van der Waals surface area contributed by atoms with E-state index in [0.717, 1.165) is 12.1 Å². The summed E-state index contributed by atoms with van der Waals surface area (Å²) < 4.78 is 0. The molecule has 1 aliphatic heterocycles. The quantitative estimate of drug-likeness (QED) is 0.543. The van der Waals surface area contributed by atoms with E-state index in [1.807, 2.05) is 6.21 Å². The summed E-state index contributed by atoms with van der Waals surface area (Å²) in [5, 5.41) is 0. The van der Waals surface area contributed by atoms with Gasteiger partial charge in [0.1, 0.15) is 0 Å². The second-order valence-electron chi connectivity index (χ2n) is 2.96. The molecule has 0 aromatic rings. The van der Waals surface area contributed by atoms with Crippen LogP contribution in [0.1, 0.15) is 27.2 Å². The van der Waals surface area contributed by atoms with E-state index < -0.39 is 0 Å². The number of hydrogen-bond acceptors (Lipinski definition) is 1. The van der Waals surface area contributed by atoms with Gasteiger partial charge in [0.2, 0.25) is 0 Å². The summed E-state index contributed by atoms with van der Waals surface area (Å²) in [4.78, 5) is 4.35. The Morgan fingerprint density at radius 3 is 2.91 bits per heavy atom. The van der Waals surface area contributed by atoms with Crippen LogP contribution >= 0.6 is 0 Å². The molecule has 1 heteroatoms. The Labute approximate surface area is 68.5 Å². The molecular weight excluding hydrogens is 134 g/mol. The van der Waals surface area contributed by atoms with Crippen LogP contribution in [0.2, 0.25) is 0 Å². The van der Waals surface area contributed by atoms with Crippen molar-refractivity contribution in [2.45, 2.75) is 27.2 Å². The van der Waals surface area contributed by atoms with Gasteiger partial charge in [-0.05, 0) is 18.9 Å². The molecule has 1 heterocycles. The maximum atomic E-state index is 4.35. The second-order valence-corrected chi connectivity index (χ2v) is 2.96. The predicted octanol–water partition coefficient (Wildman–Crippen LogP) is 2.95. The van der Waals surface area contributed by atoms with E-state index in [2.05, 4.69) is 37.9 Å². The van der Waals surface area contributed by atoms with Gasteiger partial charge in [0.05, 0.1) is 0 Å². The third-order valence-electron chi connectivity index (χ3n) is 1.95. The summed E-state index contributed by atoms with van der Waals surface area (Å²) >= 11 is 0. The van der Waals surface area contributed by atoms with Crippen LogP contribution in [0.4, 0.5) is 0 Å². The maximum absolute atomic E-state index is 4.35. The van der Waals surface area contributed by atoms with Crippen molar-refractivity contribution in [3.05, 3.63) is 23.4 Å². The molecule has 0 aromatic carbocycles. The Kier molecular flexibility index (Phi) is 2.64. The Morgan fingerprint density at radius 1 is 1.55 bits per heavy atom. The summed E-state index contributed by atoms with van der Waals surface area (Å²) in [7, 11) is 0. The smallest absolute Gasteiger partial charge is 0.0400 e. The topological polar surface area (TPSA) is 12.4 Å². The molecule has 0 amide bonds. The first-order valence-electron chi connectivity index (χ1n) is 4.16. The maximum Gasteiger partial charge on any atom is 0.0400 e. The number of rotatable bonds is 1. The van der Waals surface area contributed by atoms with Crippen LogP contribution < -0.4 is 0 Å². The van der Waals surface area contributed by atoms with Gasteiger partial charge in [-0.3, -0.25) is 4.99 Å². The fourth-order valence-corrected chi connectivity index (χ4v) is 1.12. The predicted molar refractivity (Wildman–Crippen MR) is 49.8 cm³/mol. The van der Waals surface area contributed by atoms with Crippen molar-refractivity contribution >= 4 is 6.21 Å². The molecule has 0 N–H and O–H groups in total. The average Bonchev–Trinajstić information content (AvgIpc) is 2.15. The lowest BCUT2D eigenvalue weighted by Gasteiger charge is -1.97. The highest BCUT2D eigenvalue weighted by Gasteiger charge is 2.00. The van der Waals surface area contributed by atoms with Gasteiger partial charge >= 0.3 is 0 Å². The Morgan fingerprint density at radius 2 is 2.27 bits per heavy atom. The van der Waals surface area contributed by atoms with Crippen LogP contribution in [-0.2, 0) is 0 Å². The fourth-order valence-electron chi connectivity index (χ4n) is 1.12. The molecule has 0 saturated heterocycles. The Hall–Kier alpha value is -0.850. The highest BCUT2D eigenvalue weighted by atomic mass is 14.7. The fraction of sp³-hybridized carbons (Fsp3) is 0.500. The molecule has 0 bridgehead atoms. The largest absolute Gasteiger partial charge is 0.265 e. The van der Waals surface area contributed by atoms with Crippen molar-refractivity contribution in [2.24, 2.45) is 10.9 Å². The average molecular weight is 149 g/mol. The van der Waals surface area contributed by atoms with Gasteiger partial charge in [-0.2, -0.15) is 0 Å². The van der Waals surface area contributed by atoms with Crippen molar-refractivity contribution in [3.8, 4) is 0 Å². The molecule has 0 spiro atoms. The zero-order valence-electron chi connectivity index (χ0n) is 7.46. The number of allylic oxidation sites excluding steroid dienone is 4. The normalized spacial score (nSPS) is 24.1. The summed E-state index contributed by atoms with van der Waals surface area (Å²) in [5.74, 6) is 0.481. The zero-order valence-corrected chi connectivity index (χ0v) is 7.46. The molecule has 0 radical (unpaired) electrons. The molecule has 1 nitrogen and oxygen atoms in total. The van der Waals surface area contributed by atoms with Crippen LogP contribution in [0.5, 0.6) is 0 Å². The van der Waals surface area contributed by atoms with Crippen molar-refractivity contribution in [3.63, 3.8) is 0 Å². The molecule has 1 unspecified atom stereocenters. The number of nitrogens with zero attached hydrogens (tertiary/aromatic N) is 1. The van der Waals surface area contributed by atoms with Crippen LogP contribution in [0.3, 0.4) is 0 Å². The zero-order chi connectivity index (χ0) is 8.27. The van der Waals surface area contributed by atoms with Gasteiger partial charge in [-0.25, -0.2) is 0 Å². The van der Waals surface area contributed by atoms with Crippen LogP contribution in [0.25, 0.3) is 0 Å². The first-order valence-corrected chi connectivity index (χ1v) is 4.16. The summed E-state index contributed by atoms with van der Waals surface area (Å²) in [6.45, 7) is 6.37. The summed E-state index contributed by atoms with van der Waals surface area (Å²) in [5.41, 5.74) is 2.51. The van der Waals surface area contributed by atoms with Gasteiger partial charge in [0.25, 0.3) is 0 Å². The molecule has 60 valence electrons. The minimum atomic E-state index is 0.481. The molecule has 0 fully saturated rings. The SMILES string of the molecule is CCC1=C(C)N=CC(C)C=C1. The lowest BCUT2D eigenvalue weighted by molar-refractivity contribution is 1.02. The minimum absolute atomic E-state index is 0.481. The number of aliphatic imine (C=N–C) groups is 1. The molecule has 0 saturated carbocycles. The van der Waals surface area contributed by atoms with Gasteiger partial charge in [0.15, 0.2) is 0 Å². The molecule has 1 atom stereocenters. The summed E-state index contributed by atoms with van der Waals surface area (Å²) in [6.07, 6.45) is 7.45. The van der Waals surface area contributed by atoms with Crippen molar-refractivity contribution in [1.29, 1.82) is 0 Å². The van der Waals surface area contributed by atoms with Gasteiger partial charge < -0.3 is 0 Å². The van der Waals surface area contributed by atoms with E-state index in [9.17, 15) is 0 Å². The standard InChI is InChI=1S/C10H15N/c1-4-10-6-5-8(2)7-11-9(10)3/h5-8H,4H2,1-3H3. The number of hydrogen-bond donors (Lipinski definition) is 0. The minimum Gasteiger partial charge on any atom is -0.265 e. The van der Waals surface area contributed by atoms with E-state index in [-0.39, 0.29) is 0 Å². The Bertz CT molecular complexity index is 221. The van der Waals surface area contributed by atoms with Gasteiger partial charge in [0, 0.05) is 17.8 Å². The highest BCUT2D eigenvalue weighted by Crippen LogP contribution is 2.15. The van der Waals surface area contributed by atoms with E-state index in [4.69, 9.17) is 0 Å². The Balaban J connectivity index is 2.90. The second kappa shape index (κ2) is 3.51. The molecular formula is C10H15N. The van der Waals surface area contributed by atoms with E-state index >= 15 is 0 Å². The lowest BCUT2D eigenvalue weighted by atomic mass is 10.1. The van der Waals surface area contributed by atoms with E-state index in [1.54, 1.807) is 0 Å². The van der Waals surface area contributed by atoms with Crippen molar-refractivity contribution in [1.82, 2.24) is 0 Å². The van der Waals surface area contributed by atoms with Crippen LogP contribution in [0, 0.1) is 5.92 Å². The van der Waals surface area contributed by atoms with E-state index in [0.29, 0.717) is 5.92 Å². The summed E-state index contributed by atoms with van der Waals surface area (Å²) in [6, 6.07) is 0. The van der Waals surface area contributed by atoms with Crippen LogP contribution in [0.15, 0.2) is 28.4 Å². The van der Waals surface area contributed by atoms with Crippen LogP contribution in [-0.4, -0.2) is 6.21 Å². The first-order chi connectivity index (χ1) is 5.24. The highest BCUT2D eigenvalue weighted by molar-refractivity contribution is 5.65. The monoisotopic (exact) mass is 149 g/mol. The van der Waals surface area contributed by atoms with Crippen molar-refractivity contribution in [2.75, 3.05) is 0 Å². The molecule has 1 rings (SSSR count). The third kappa shape index (κ3) is 2.04. The van der Waals surface area contributed by atoms with Gasteiger partial charge in [-0.1, -0.05) is 26.0 Å². The molecule has 0 aromatic heterocycles. The first kappa shape index (κ1) is 8.25. The van der Waals surface area contributed by atoms with Gasteiger partial charge in [-0.15, -0.1) is 0 Å². The van der Waals surface area contributed by atoms with Crippen molar-refractivity contribution < 1.29 is 0 Å². The molecule has 11 heavy (non-hydrogen) atoms. The lowest BCUT2D eigenvalue weighted by Crippen LogP contribution is -1.87. The molecule has 1 aliphatic rings. The third-order valence-corrected chi connectivity index (χ3v) is 1.95. The molecule has 0 aliphatic carbocycles.